The average Bonchev–Trinajstić information content (AvgIpc) is 3.22. The lowest BCUT2D eigenvalue weighted by molar-refractivity contribution is -0.120. The van der Waals surface area contributed by atoms with Crippen molar-refractivity contribution in [3.8, 4) is 6.07 Å². The fourth-order valence-corrected chi connectivity index (χ4v) is 1.95. The second-order valence-corrected chi connectivity index (χ2v) is 4.86. The third-order valence-corrected chi connectivity index (χ3v) is 3.25. The van der Waals surface area contributed by atoms with E-state index in [0.717, 1.165) is 18.5 Å². The van der Waals surface area contributed by atoms with Gasteiger partial charge in [-0.1, -0.05) is 18.2 Å². The van der Waals surface area contributed by atoms with Crippen molar-refractivity contribution in [3.05, 3.63) is 30.3 Å². The molecule has 0 heterocycles. The van der Waals surface area contributed by atoms with E-state index in [1.165, 1.54) is 0 Å². The van der Waals surface area contributed by atoms with E-state index in [4.69, 9.17) is 5.26 Å². The van der Waals surface area contributed by atoms with E-state index >= 15 is 0 Å². The van der Waals surface area contributed by atoms with Crippen molar-refractivity contribution in [2.45, 2.75) is 25.3 Å². The number of nitrogens with one attached hydrogen (secondary N) is 2. The molecule has 1 aromatic rings. The first-order chi connectivity index (χ1) is 8.64. The summed E-state index contributed by atoms with van der Waals surface area (Å²) in [6.45, 7) is 1.99. The summed E-state index contributed by atoms with van der Waals surface area (Å²) in [6.07, 6.45) is 2.05. The zero-order valence-corrected chi connectivity index (χ0v) is 10.4. The second-order valence-electron chi connectivity index (χ2n) is 4.86. The average molecular weight is 243 g/mol. The number of carbonyl (C=O) groups is 1. The molecule has 0 aliphatic heterocycles. The number of benzene rings is 1. The maximum atomic E-state index is 11.8. The van der Waals surface area contributed by atoms with Crippen molar-refractivity contribution in [3.63, 3.8) is 0 Å². The van der Waals surface area contributed by atoms with Gasteiger partial charge in [-0.3, -0.25) is 4.79 Å². The smallest absolute Gasteiger partial charge is 0.240 e. The van der Waals surface area contributed by atoms with Gasteiger partial charge in [0, 0.05) is 5.69 Å². The van der Waals surface area contributed by atoms with Crippen molar-refractivity contribution in [2.24, 2.45) is 5.92 Å². The predicted molar refractivity (Wildman–Crippen MR) is 69.8 cm³/mol. The van der Waals surface area contributed by atoms with Crippen LogP contribution in [-0.4, -0.2) is 18.0 Å². The van der Waals surface area contributed by atoms with E-state index < -0.39 is 5.54 Å². The van der Waals surface area contributed by atoms with Crippen LogP contribution in [0.2, 0.25) is 0 Å². The van der Waals surface area contributed by atoms with Crippen LogP contribution < -0.4 is 10.6 Å². The maximum absolute atomic E-state index is 11.8. The van der Waals surface area contributed by atoms with E-state index in [1.54, 1.807) is 6.92 Å². The number of carbonyl (C=O) groups excluding carboxylic acids is 1. The van der Waals surface area contributed by atoms with Gasteiger partial charge in [0.05, 0.1) is 12.6 Å². The molecular formula is C14H17N3O. The minimum Gasteiger partial charge on any atom is -0.376 e. The van der Waals surface area contributed by atoms with Crippen molar-refractivity contribution >= 4 is 11.6 Å². The molecule has 1 aliphatic rings. The molecule has 0 aromatic heterocycles. The van der Waals surface area contributed by atoms with Crippen molar-refractivity contribution in [1.82, 2.24) is 5.32 Å². The molecule has 1 saturated carbocycles. The van der Waals surface area contributed by atoms with Crippen molar-refractivity contribution in [2.75, 3.05) is 11.9 Å². The molecule has 4 heteroatoms. The molecule has 0 spiro atoms. The van der Waals surface area contributed by atoms with Crippen LogP contribution >= 0.6 is 0 Å². The Morgan fingerprint density at radius 2 is 2.11 bits per heavy atom. The Morgan fingerprint density at radius 1 is 1.44 bits per heavy atom. The predicted octanol–water partition coefficient (Wildman–Crippen LogP) is 1.91. The lowest BCUT2D eigenvalue weighted by Crippen LogP contribution is -2.48. The van der Waals surface area contributed by atoms with Crippen LogP contribution in [0.15, 0.2) is 30.3 Å². The van der Waals surface area contributed by atoms with E-state index in [1.807, 2.05) is 30.3 Å². The first kappa shape index (κ1) is 12.4. The van der Waals surface area contributed by atoms with Crippen LogP contribution in [0.4, 0.5) is 5.69 Å². The van der Waals surface area contributed by atoms with Gasteiger partial charge in [0.15, 0.2) is 0 Å². The third kappa shape index (κ3) is 3.01. The fraction of sp³-hybridized carbons (Fsp3) is 0.429. The minimum absolute atomic E-state index is 0.144. The number of hydrogen-bond acceptors (Lipinski definition) is 3. The molecule has 1 aromatic carbocycles. The summed E-state index contributed by atoms with van der Waals surface area (Å²) >= 11 is 0. The Kier molecular flexibility index (Phi) is 3.52. The Balaban J connectivity index is 1.84. The summed E-state index contributed by atoms with van der Waals surface area (Å²) in [5.41, 5.74) is 0.188. The summed E-state index contributed by atoms with van der Waals surface area (Å²) in [5, 5.41) is 15.0. The zero-order chi connectivity index (χ0) is 13.0. The van der Waals surface area contributed by atoms with Gasteiger partial charge in [-0.15, -0.1) is 0 Å². The molecule has 0 saturated heterocycles. The van der Waals surface area contributed by atoms with Crippen LogP contribution in [0.1, 0.15) is 19.8 Å². The molecule has 0 bridgehead atoms. The molecule has 2 N–H and O–H groups in total. The molecule has 1 atom stereocenters. The van der Waals surface area contributed by atoms with Gasteiger partial charge in [0.25, 0.3) is 0 Å². The molecule has 2 rings (SSSR count). The van der Waals surface area contributed by atoms with Crippen molar-refractivity contribution in [1.29, 1.82) is 5.26 Å². The quantitative estimate of drug-likeness (QED) is 0.830. The molecule has 1 fully saturated rings. The third-order valence-electron chi connectivity index (χ3n) is 3.25. The second kappa shape index (κ2) is 5.09. The SMILES string of the molecule is C[C@@](C#N)(NC(=O)CNc1ccccc1)C1CC1. The number of nitrogens with zero attached hydrogens (tertiary/aromatic N) is 1. The van der Waals surface area contributed by atoms with Crippen LogP contribution in [0.5, 0.6) is 0 Å². The summed E-state index contributed by atoms with van der Waals surface area (Å²) in [6, 6.07) is 11.7. The highest BCUT2D eigenvalue weighted by atomic mass is 16.2. The Bertz CT molecular complexity index is 462. The molecule has 18 heavy (non-hydrogen) atoms. The largest absolute Gasteiger partial charge is 0.376 e. The Labute approximate surface area is 107 Å². The Morgan fingerprint density at radius 3 is 2.67 bits per heavy atom. The molecule has 94 valence electrons. The van der Waals surface area contributed by atoms with Gasteiger partial charge in [0.1, 0.15) is 5.54 Å². The molecular weight excluding hydrogens is 226 g/mol. The van der Waals surface area contributed by atoms with E-state index in [2.05, 4.69) is 16.7 Å². The van der Waals surface area contributed by atoms with E-state index in [-0.39, 0.29) is 12.5 Å². The number of anilines is 1. The number of rotatable bonds is 5. The van der Waals surface area contributed by atoms with Gasteiger partial charge < -0.3 is 10.6 Å². The first-order valence-corrected chi connectivity index (χ1v) is 6.15. The minimum atomic E-state index is -0.713. The fourth-order valence-electron chi connectivity index (χ4n) is 1.95. The summed E-state index contributed by atoms with van der Waals surface area (Å²) in [7, 11) is 0. The van der Waals surface area contributed by atoms with Gasteiger partial charge in [0.2, 0.25) is 5.91 Å². The van der Waals surface area contributed by atoms with Crippen LogP contribution in [0.25, 0.3) is 0 Å². The highest BCUT2D eigenvalue weighted by Gasteiger charge is 2.42. The molecule has 4 nitrogen and oxygen atoms in total. The monoisotopic (exact) mass is 243 g/mol. The number of hydrogen-bond donors (Lipinski definition) is 2. The number of nitriles is 1. The summed E-state index contributed by atoms with van der Waals surface area (Å²) < 4.78 is 0. The highest BCUT2D eigenvalue weighted by Crippen LogP contribution is 2.39. The number of amides is 1. The van der Waals surface area contributed by atoms with Gasteiger partial charge >= 0.3 is 0 Å². The lowest BCUT2D eigenvalue weighted by Gasteiger charge is -2.23. The maximum Gasteiger partial charge on any atom is 0.240 e. The van der Waals surface area contributed by atoms with Crippen LogP contribution in [0, 0.1) is 17.2 Å². The van der Waals surface area contributed by atoms with Gasteiger partial charge in [-0.25, -0.2) is 0 Å². The number of para-hydroxylation sites is 1. The van der Waals surface area contributed by atoms with Crippen LogP contribution in [-0.2, 0) is 4.79 Å². The van der Waals surface area contributed by atoms with Crippen LogP contribution in [0.3, 0.4) is 0 Å². The molecule has 1 amide bonds. The van der Waals surface area contributed by atoms with Crippen molar-refractivity contribution < 1.29 is 4.79 Å². The standard InChI is InChI=1S/C14H17N3O/c1-14(10-15,11-7-8-11)17-13(18)9-16-12-5-3-2-4-6-12/h2-6,11,16H,7-9H2,1H3,(H,17,18)/t14-/m0/s1. The van der Waals surface area contributed by atoms with Gasteiger partial charge in [-0.2, -0.15) is 5.26 Å². The first-order valence-electron chi connectivity index (χ1n) is 6.15. The normalized spacial score (nSPS) is 17.3. The zero-order valence-electron chi connectivity index (χ0n) is 10.4. The summed E-state index contributed by atoms with van der Waals surface area (Å²) in [4.78, 5) is 11.8. The lowest BCUT2D eigenvalue weighted by atomic mass is 9.98. The summed E-state index contributed by atoms with van der Waals surface area (Å²) in [5.74, 6) is 0.165. The molecule has 1 aliphatic carbocycles. The Hall–Kier alpha value is -2.02. The van der Waals surface area contributed by atoms with E-state index in [9.17, 15) is 4.79 Å². The molecule has 0 unspecified atom stereocenters. The highest BCUT2D eigenvalue weighted by molar-refractivity contribution is 5.81. The van der Waals surface area contributed by atoms with E-state index in [0.29, 0.717) is 5.92 Å². The topological polar surface area (TPSA) is 64.9 Å². The molecule has 0 radical (unpaired) electrons. The van der Waals surface area contributed by atoms with Gasteiger partial charge in [-0.05, 0) is 37.8 Å².